The molecule has 3 saturated heterocycles. The molecule has 0 radical (unpaired) electrons. The Bertz CT molecular complexity index is 206. The van der Waals surface area contributed by atoms with E-state index in [1.54, 1.807) is 0 Å². The summed E-state index contributed by atoms with van der Waals surface area (Å²) >= 11 is 4.30. The minimum atomic E-state index is 0.762. The fourth-order valence-corrected chi connectivity index (χ4v) is 5.16. The highest BCUT2D eigenvalue weighted by atomic mass is 32.2. The second-order valence-electron chi connectivity index (χ2n) is 4.52. The van der Waals surface area contributed by atoms with Crippen molar-refractivity contribution in [2.75, 3.05) is 36.9 Å². The van der Waals surface area contributed by atoms with Gasteiger partial charge in [-0.25, -0.2) is 0 Å². The Labute approximate surface area is 94.6 Å². The summed E-state index contributed by atoms with van der Waals surface area (Å²) in [6, 6.07) is 1.68. The van der Waals surface area contributed by atoms with Gasteiger partial charge in [0.05, 0.1) is 0 Å². The van der Waals surface area contributed by atoms with E-state index in [0.29, 0.717) is 0 Å². The summed E-state index contributed by atoms with van der Waals surface area (Å²) in [4.78, 5) is 2.73. The molecule has 0 aromatic rings. The first kappa shape index (κ1) is 9.82. The SMILES string of the molecule is C1CSCC(CN2CC3CC2CS3)N1. The van der Waals surface area contributed by atoms with Gasteiger partial charge in [-0.1, -0.05) is 0 Å². The molecule has 0 saturated carbocycles. The number of hydrogen-bond acceptors (Lipinski definition) is 4. The normalized spacial score (nSPS) is 43.3. The largest absolute Gasteiger partial charge is 0.311 e. The van der Waals surface area contributed by atoms with Crippen LogP contribution in [0.3, 0.4) is 0 Å². The van der Waals surface area contributed by atoms with Crippen LogP contribution in [0.4, 0.5) is 0 Å². The van der Waals surface area contributed by atoms with Crippen molar-refractivity contribution in [1.82, 2.24) is 10.2 Å². The van der Waals surface area contributed by atoms with E-state index in [9.17, 15) is 0 Å². The Hall–Kier alpha value is 0.620. The van der Waals surface area contributed by atoms with E-state index in [0.717, 1.165) is 17.3 Å². The molecule has 3 atom stereocenters. The molecule has 3 aliphatic rings. The van der Waals surface area contributed by atoms with Crippen LogP contribution in [-0.4, -0.2) is 59.1 Å². The van der Waals surface area contributed by atoms with Crippen LogP contribution in [0.25, 0.3) is 0 Å². The monoisotopic (exact) mass is 230 g/mol. The van der Waals surface area contributed by atoms with E-state index in [1.807, 2.05) is 0 Å². The number of fused-ring (bicyclic) bond motifs is 2. The van der Waals surface area contributed by atoms with Crippen molar-refractivity contribution in [3.8, 4) is 0 Å². The third kappa shape index (κ3) is 1.94. The maximum atomic E-state index is 3.64. The molecular weight excluding hydrogens is 212 g/mol. The van der Waals surface area contributed by atoms with Crippen molar-refractivity contribution >= 4 is 23.5 Å². The second-order valence-corrected chi connectivity index (χ2v) is 7.01. The van der Waals surface area contributed by atoms with Crippen molar-refractivity contribution in [2.45, 2.75) is 23.8 Å². The number of hydrogen-bond donors (Lipinski definition) is 1. The predicted molar refractivity (Wildman–Crippen MR) is 65.3 cm³/mol. The summed E-state index contributed by atoms with van der Waals surface area (Å²) in [6.07, 6.45) is 1.46. The Morgan fingerprint density at radius 2 is 2.36 bits per heavy atom. The van der Waals surface area contributed by atoms with Crippen LogP contribution < -0.4 is 5.32 Å². The van der Waals surface area contributed by atoms with Gasteiger partial charge < -0.3 is 5.32 Å². The summed E-state index contributed by atoms with van der Waals surface area (Å²) in [5.74, 6) is 4.02. The van der Waals surface area contributed by atoms with E-state index in [4.69, 9.17) is 0 Å². The van der Waals surface area contributed by atoms with Crippen LogP contribution in [0.5, 0.6) is 0 Å². The third-order valence-electron chi connectivity index (χ3n) is 3.47. The van der Waals surface area contributed by atoms with Gasteiger partial charge in [-0.05, 0) is 6.42 Å². The maximum Gasteiger partial charge on any atom is 0.0286 e. The zero-order valence-electron chi connectivity index (χ0n) is 8.45. The number of likely N-dealkylation sites (tertiary alicyclic amines) is 1. The third-order valence-corrected chi connectivity index (χ3v) is 5.99. The van der Waals surface area contributed by atoms with Crippen LogP contribution in [0.15, 0.2) is 0 Å². The molecule has 3 unspecified atom stereocenters. The average Bonchev–Trinajstić information content (AvgIpc) is 2.81. The molecule has 1 N–H and O–H groups in total. The van der Waals surface area contributed by atoms with Gasteiger partial charge in [0.1, 0.15) is 0 Å². The fraction of sp³-hybridized carbons (Fsp3) is 1.00. The number of rotatable bonds is 2. The number of nitrogens with one attached hydrogen (secondary N) is 1. The van der Waals surface area contributed by atoms with Gasteiger partial charge in [0.2, 0.25) is 0 Å². The van der Waals surface area contributed by atoms with Gasteiger partial charge in [-0.3, -0.25) is 4.90 Å². The highest BCUT2D eigenvalue weighted by Crippen LogP contribution is 2.37. The highest BCUT2D eigenvalue weighted by molar-refractivity contribution is 8.00. The Balaban J connectivity index is 1.52. The van der Waals surface area contributed by atoms with Crippen molar-refractivity contribution in [1.29, 1.82) is 0 Å². The van der Waals surface area contributed by atoms with Crippen LogP contribution in [0, 0.1) is 0 Å². The van der Waals surface area contributed by atoms with E-state index in [-0.39, 0.29) is 0 Å². The molecular formula is C10H18N2S2. The van der Waals surface area contributed by atoms with Crippen molar-refractivity contribution < 1.29 is 0 Å². The molecule has 0 amide bonds. The van der Waals surface area contributed by atoms with Gasteiger partial charge in [-0.15, -0.1) is 0 Å². The lowest BCUT2D eigenvalue weighted by atomic mass is 10.2. The lowest BCUT2D eigenvalue weighted by Gasteiger charge is -2.32. The van der Waals surface area contributed by atoms with E-state index < -0.39 is 0 Å². The van der Waals surface area contributed by atoms with Gasteiger partial charge in [0.15, 0.2) is 0 Å². The van der Waals surface area contributed by atoms with Crippen molar-refractivity contribution in [3.05, 3.63) is 0 Å². The molecule has 0 aromatic heterocycles. The second kappa shape index (κ2) is 4.24. The standard InChI is InChI=1S/C10H18N2S2/c1-2-13-6-8(11-1)4-12-5-10-3-9(12)7-14-10/h8-11H,1-7H2. The molecule has 4 heteroatoms. The molecule has 0 aromatic carbocycles. The van der Waals surface area contributed by atoms with Crippen LogP contribution in [0.2, 0.25) is 0 Å². The quantitative estimate of drug-likeness (QED) is 0.757. The zero-order chi connectivity index (χ0) is 9.38. The minimum absolute atomic E-state index is 0.762. The summed E-state index contributed by atoms with van der Waals surface area (Å²) < 4.78 is 0. The molecule has 3 rings (SSSR count). The summed E-state index contributed by atoms with van der Waals surface area (Å²) in [6.45, 7) is 3.87. The molecule has 2 bridgehead atoms. The molecule has 2 nitrogen and oxygen atoms in total. The van der Waals surface area contributed by atoms with Crippen LogP contribution >= 0.6 is 23.5 Å². The first-order valence-electron chi connectivity index (χ1n) is 5.58. The molecule has 3 aliphatic heterocycles. The van der Waals surface area contributed by atoms with E-state index in [1.165, 1.54) is 43.3 Å². The highest BCUT2D eigenvalue weighted by Gasteiger charge is 2.39. The molecule has 0 aliphatic carbocycles. The predicted octanol–water partition coefficient (Wildman–Crippen LogP) is 0.881. The summed E-state index contributed by atoms with van der Waals surface area (Å²) in [5, 5.41) is 4.60. The molecule has 3 heterocycles. The molecule has 14 heavy (non-hydrogen) atoms. The van der Waals surface area contributed by atoms with Gasteiger partial charge >= 0.3 is 0 Å². The average molecular weight is 230 g/mol. The maximum absolute atomic E-state index is 3.64. The molecule has 3 fully saturated rings. The van der Waals surface area contributed by atoms with E-state index in [2.05, 4.69) is 33.7 Å². The fourth-order valence-electron chi connectivity index (χ4n) is 2.72. The summed E-state index contributed by atoms with van der Waals surface area (Å²) in [5.41, 5.74) is 0. The lowest BCUT2D eigenvalue weighted by Crippen LogP contribution is -2.48. The smallest absolute Gasteiger partial charge is 0.0286 e. The van der Waals surface area contributed by atoms with Crippen molar-refractivity contribution in [3.63, 3.8) is 0 Å². The van der Waals surface area contributed by atoms with Crippen LogP contribution in [-0.2, 0) is 0 Å². The van der Waals surface area contributed by atoms with Gasteiger partial charge in [0, 0.05) is 54.2 Å². The Morgan fingerprint density at radius 1 is 1.36 bits per heavy atom. The number of nitrogens with zero attached hydrogens (tertiary/aromatic N) is 1. The van der Waals surface area contributed by atoms with Crippen LogP contribution in [0.1, 0.15) is 6.42 Å². The van der Waals surface area contributed by atoms with E-state index >= 15 is 0 Å². The Kier molecular flexibility index (Phi) is 2.97. The van der Waals surface area contributed by atoms with Gasteiger partial charge in [-0.2, -0.15) is 23.5 Å². The zero-order valence-corrected chi connectivity index (χ0v) is 10.1. The Morgan fingerprint density at radius 3 is 3.00 bits per heavy atom. The minimum Gasteiger partial charge on any atom is -0.311 e. The molecule has 80 valence electrons. The number of thioether (sulfide) groups is 2. The van der Waals surface area contributed by atoms with Gasteiger partial charge in [0.25, 0.3) is 0 Å². The van der Waals surface area contributed by atoms with Crippen molar-refractivity contribution in [2.24, 2.45) is 0 Å². The topological polar surface area (TPSA) is 15.3 Å². The summed E-state index contributed by atoms with van der Waals surface area (Å²) in [7, 11) is 0. The molecule has 0 spiro atoms. The first-order chi connectivity index (χ1) is 6.92. The lowest BCUT2D eigenvalue weighted by molar-refractivity contribution is 0.244. The first-order valence-corrected chi connectivity index (χ1v) is 7.79.